The normalized spacial score (nSPS) is 10.5. The highest BCUT2D eigenvalue weighted by atomic mass is 16.5. The fourth-order valence-corrected chi connectivity index (χ4v) is 2.79. The van der Waals surface area contributed by atoms with Crippen LogP contribution in [0.5, 0.6) is 0 Å². The fraction of sp³-hybridized carbons (Fsp3) is 0. The van der Waals surface area contributed by atoms with E-state index < -0.39 is 12.2 Å². The Morgan fingerprint density at radius 3 is 1.40 bits per heavy atom. The third-order valence-electron chi connectivity index (χ3n) is 3.95. The van der Waals surface area contributed by atoms with Crippen molar-refractivity contribution in [3.63, 3.8) is 0 Å². The van der Waals surface area contributed by atoms with Crippen molar-refractivity contribution in [2.45, 2.75) is 0 Å². The Balaban J connectivity index is 2.01. The molecule has 0 fully saturated rings. The molecule has 0 unspecified atom stereocenters. The van der Waals surface area contributed by atoms with Crippen molar-refractivity contribution in [3.05, 3.63) is 60.7 Å². The van der Waals surface area contributed by atoms with E-state index in [4.69, 9.17) is 9.05 Å². The van der Waals surface area contributed by atoms with Gasteiger partial charge in [0.2, 0.25) is 21.9 Å². The van der Waals surface area contributed by atoms with Gasteiger partial charge in [0.1, 0.15) is 0 Å². The standard InChI is InChI=1S/C18H12N6O6/c25-17(26)19-15-13(23(21-29-15)11-7-3-1-4-8-11)14-16(20-18(27)28)30-22-24(14)12-9-5-2-6-10-12/h1-10,21H,(H-,25,26,27,28)/p+2. The van der Waals surface area contributed by atoms with Crippen molar-refractivity contribution in [1.82, 2.24) is 10.5 Å². The van der Waals surface area contributed by atoms with Gasteiger partial charge in [0.15, 0.2) is 0 Å². The van der Waals surface area contributed by atoms with Crippen LogP contribution in [-0.2, 0) is 0 Å². The predicted molar refractivity (Wildman–Crippen MR) is 98.4 cm³/mol. The van der Waals surface area contributed by atoms with Crippen LogP contribution in [0.1, 0.15) is 0 Å². The van der Waals surface area contributed by atoms with Gasteiger partial charge in [-0.05, 0) is 0 Å². The molecule has 0 saturated heterocycles. The van der Waals surface area contributed by atoms with E-state index in [0.29, 0.717) is 11.4 Å². The van der Waals surface area contributed by atoms with Crippen LogP contribution in [0.15, 0.2) is 69.7 Å². The van der Waals surface area contributed by atoms with Gasteiger partial charge in [0.25, 0.3) is 0 Å². The lowest BCUT2D eigenvalue weighted by Crippen LogP contribution is -2.41. The molecule has 0 spiro atoms. The summed E-state index contributed by atoms with van der Waals surface area (Å²) >= 11 is 0. The Morgan fingerprint density at radius 2 is 1.07 bits per heavy atom. The minimum Gasteiger partial charge on any atom is -0.465 e. The summed E-state index contributed by atoms with van der Waals surface area (Å²) in [4.78, 5) is 22.6. The molecule has 30 heavy (non-hydrogen) atoms. The summed E-state index contributed by atoms with van der Waals surface area (Å²) in [6, 6.07) is 17.4. The lowest BCUT2D eigenvalue weighted by Gasteiger charge is -1.96. The van der Waals surface area contributed by atoms with E-state index in [9.17, 15) is 19.8 Å². The Morgan fingerprint density at radius 1 is 0.700 bits per heavy atom. The first-order valence-electron chi connectivity index (χ1n) is 8.49. The summed E-state index contributed by atoms with van der Waals surface area (Å²) < 4.78 is 13.0. The van der Waals surface area contributed by atoms with Crippen molar-refractivity contribution in [3.8, 4) is 22.8 Å². The monoisotopic (exact) mass is 410 g/mol. The van der Waals surface area contributed by atoms with E-state index in [0.717, 1.165) is 0 Å². The molecule has 12 heteroatoms. The quantitative estimate of drug-likeness (QED) is 0.364. The van der Waals surface area contributed by atoms with Crippen LogP contribution in [0.3, 0.4) is 0 Å². The van der Waals surface area contributed by atoms with E-state index >= 15 is 0 Å². The first-order valence-corrected chi connectivity index (χ1v) is 8.49. The van der Waals surface area contributed by atoms with Gasteiger partial charge in [0, 0.05) is 33.6 Å². The topological polar surface area (TPSA) is 158 Å². The van der Waals surface area contributed by atoms with E-state index in [-0.39, 0.29) is 23.2 Å². The van der Waals surface area contributed by atoms with Crippen molar-refractivity contribution < 1.29 is 38.2 Å². The molecule has 2 heterocycles. The average Bonchev–Trinajstić information content (AvgIpc) is 3.32. The van der Waals surface area contributed by atoms with Crippen LogP contribution in [0, 0.1) is 0 Å². The largest absolute Gasteiger partial charge is 0.465 e. The molecule has 2 aromatic carbocycles. The second-order valence-corrected chi connectivity index (χ2v) is 5.86. The van der Waals surface area contributed by atoms with Crippen LogP contribution in [0.25, 0.3) is 22.8 Å². The van der Waals surface area contributed by atoms with Crippen LogP contribution < -0.4 is 20.0 Å². The van der Waals surface area contributed by atoms with Gasteiger partial charge in [-0.25, -0.2) is 9.59 Å². The Labute approximate surface area is 167 Å². The van der Waals surface area contributed by atoms with Gasteiger partial charge in [0.05, 0.1) is 0 Å². The maximum absolute atomic E-state index is 11.3. The van der Waals surface area contributed by atoms with Gasteiger partial charge in [-0.15, -0.1) is 0 Å². The summed E-state index contributed by atoms with van der Waals surface area (Å²) in [6.45, 7) is 0. The Kier molecular flexibility index (Phi) is 4.78. The molecule has 4 aromatic rings. The second kappa shape index (κ2) is 7.71. The van der Waals surface area contributed by atoms with E-state index in [1.165, 1.54) is 9.36 Å². The highest BCUT2D eigenvalue weighted by Gasteiger charge is 2.44. The summed E-state index contributed by atoms with van der Waals surface area (Å²) in [7, 11) is 0. The summed E-state index contributed by atoms with van der Waals surface area (Å²) in [5.41, 5.74) is 1.18. The Bertz CT molecular complexity index is 1110. The lowest BCUT2D eigenvalue weighted by atomic mass is 10.2. The van der Waals surface area contributed by atoms with E-state index in [2.05, 4.69) is 21.2 Å². The summed E-state index contributed by atoms with van der Waals surface area (Å²) in [5, 5.41) is 30.5. The number of anilines is 2. The predicted octanol–water partition coefficient (Wildman–Crippen LogP) is 2.06. The average molecular weight is 410 g/mol. The maximum Gasteiger partial charge on any atom is 0.411 e. The first kappa shape index (κ1) is 18.6. The molecule has 2 aromatic heterocycles. The molecule has 0 aliphatic carbocycles. The number of carbonyl (C=O) groups is 2. The fourth-order valence-electron chi connectivity index (χ4n) is 2.79. The van der Waals surface area contributed by atoms with Crippen molar-refractivity contribution >= 4 is 24.0 Å². The number of nitrogens with one attached hydrogen (secondary N) is 2. The van der Waals surface area contributed by atoms with Gasteiger partial charge in [-0.1, -0.05) is 36.4 Å². The Hall–Kier alpha value is -4.74. The number of carboxylic acid groups (broad SMARTS) is 2. The van der Waals surface area contributed by atoms with E-state index in [1.807, 2.05) is 0 Å². The number of hydrogen-bond acceptors (Lipinski definition) is 6. The minimum atomic E-state index is -1.40. The number of nitrogens with zero attached hydrogens (tertiary/aromatic N) is 4. The highest BCUT2D eigenvalue weighted by molar-refractivity contribution is 5.89. The third kappa shape index (κ3) is 3.52. The van der Waals surface area contributed by atoms with Crippen LogP contribution in [0.4, 0.5) is 21.4 Å². The number of aromatic nitrogens is 4. The van der Waals surface area contributed by atoms with Crippen LogP contribution in [-0.4, -0.2) is 32.9 Å². The second-order valence-electron chi connectivity index (χ2n) is 5.86. The number of para-hydroxylation sites is 2. The number of hydrogen-bond donors (Lipinski definition) is 4. The van der Waals surface area contributed by atoms with Gasteiger partial charge in [-0.2, -0.15) is 0 Å². The van der Waals surface area contributed by atoms with Crippen molar-refractivity contribution in [2.24, 2.45) is 0 Å². The van der Waals surface area contributed by atoms with Gasteiger partial charge >= 0.3 is 35.3 Å². The highest BCUT2D eigenvalue weighted by Crippen LogP contribution is 2.30. The van der Waals surface area contributed by atoms with Gasteiger partial charge < -0.3 is 10.2 Å². The summed E-state index contributed by atoms with van der Waals surface area (Å²) in [6.07, 6.45) is -2.80. The molecule has 0 aliphatic heterocycles. The molecule has 2 amide bonds. The molecular weight excluding hydrogens is 396 g/mol. The molecule has 0 bridgehead atoms. The molecule has 4 rings (SSSR count). The first-order chi connectivity index (χ1) is 14.5. The maximum atomic E-state index is 11.3. The smallest absolute Gasteiger partial charge is 0.411 e. The zero-order valence-corrected chi connectivity index (χ0v) is 15.1. The number of amides is 2. The molecule has 0 saturated carbocycles. The minimum absolute atomic E-state index is 0.0671. The number of rotatable bonds is 5. The lowest BCUT2D eigenvalue weighted by molar-refractivity contribution is -0.687. The summed E-state index contributed by atoms with van der Waals surface area (Å²) in [5.74, 6) is -0.514. The number of benzene rings is 2. The zero-order chi connectivity index (χ0) is 21.1. The molecule has 0 radical (unpaired) electrons. The molecule has 4 N–H and O–H groups in total. The van der Waals surface area contributed by atoms with E-state index in [1.54, 1.807) is 60.7 Å². The molecule has 12 nitrogen and oxygen atoms in total. The molecule has 0 aliphatic rings. The van der Waals surface area contributed by atoms with Crippen LogP contribution in [0.2, 0.25) is 0 Å². The SMILES string of the molecule is O=C(O)Nc1on[n+](-c2ccccc2)c1-c1c(NC(=O)O)on[n+]1-c1ccccc1. The van der Waals surface area contributed by atoms with Crippen molar-refractivity contribution in [2.75, 3.05) is 10.6 Å². The molecule has 150 valence electrons. The third-order valence-corrected chi connectivity index (χ3v) is 3.95. The van der Waals surface area contributed by atoms with Gasteiger partial charge in [-0.3, -0.25) is 19.7 Å². The zero-order valence-electron chi connectivity index (χ0n) is 15.1. The van der Waals surface area contributed by atoms with Crippen LogP contribution >= 0.6 is 0 Å². The van der Waals surface area contributed by atoms with Crippen molar-refractivity contribution in [1.29, 1.82) is 0 Å². The molecular formula is C18H14N6O6+2. The molecule has 0 atom stereocenters.